The molecule has 0 radical (unpaired) electrons. The maximum absolute atomic E-state index is 5.83. The van der Waals surface area contributed by atoms with E-state index in [1.54, 1.807) is 0 Å². The highest BCUT2D eigenvalue weighted by molar-refractivity contribution is 5.86. The Balaban J connectivity index is 1.57. The van der Waals surface area contributed by atoms with Gasteiger partial charge in [0.2, 0.25) is 0 Å². The summed E-state index contributed by atoms with van der Waals surface area (Å²) in [5.41, 5.74) is 1.29. The molecule has 1 aromatic heterocycles. The van der Waals surface area contributed by atoms with Gasteiger partial charge in [-0.1, -0.05) is 13.0 Å². The molecule has 1 N–H and O–H groups in total. The summed E-state index contributed by atoms with van der Waals surface area (Å²) in [6, 6.07) is 9.37. The highest BCUT2D eigenvalue weighted by Crippen LogP contribution is 2.27. The van der Waals surface area contributed by atoms with Gasteiger partial charge in [-0.05, 0) is 56.8 Å². The molecule has 2 aromatic rings. The zero-order valence-electron chi connectivity index (χ0n) is 13.0. The normalized spacial score (nSPS) is 14.7. The van der Waals surface area contributed by atoms with Crippen molar-refractivity contribution in [3.63, 3.8) is 0 Å². The van der Waals surface area contributed by atoms with Crippen LogP contribution in [0.2, 0.25) is 0 Å². The minimum Gasteiger partial charge on any atom is -0.493 e. The molecule has 21 heavy (non-hydrogen) atoms. The Kier molecular flexibility index (Phi) is 4.81. The van der Waals surface area contributed by atoms with Crippen molar-refractivity contribution in [1.29, 1.82) is 0 Å². The molecule has 1 aliphatic rings. The molecule has 0 atom stereocenters. The predicted molar refractivity (Wildman–Crippen MR) is 88.0 cm³/mol. The zero-order chi connectivity index (χ0) is 14.5. The molecule has 0 amide bonds. The average molecular weight is 286 g/mol. The standard InChI is InChI=1S/C18H26N2O/c1-2-14-21-18-7-5-6-17-16(18)10-13-20(17)12-4-3-11-19-15-8-9-15/h5-7,10,13,15,19H,2-4,8-9,11-12,14H2,1H3. The van der Waals surface area contributed by atoms with Gasteiger partial charge in [-0.15, -0.1) is 0 Å². The maximum atomic E-state index is 5.83. The molecule has 114 valence electrons. The lowest BCUT2D eigenvalue weighted by Gasteiger charge is -2.08. The molecule has 0 bridgehead atoms. The summed E-state index contributed by atoms with van der Waals surface area (Å²) in [5.74, 6) is 1.02. The number of hydrogen-bond donors (Lipinski definition) is 1. The molecule has 3 nitrogen and oxygen atoms in total. The molecular weight excluding hydrogens is 260 g/mol. The fraction of sp³-hybridized carbons (Fsp3) is 0.556. The maximum Gasteiger partial charge on any atom is 0.128 e. The molecule has 0 saturated heterocycles. The Labute approximate surface area is 127 Å². The Bertz CT molecular complexity index is 572. The third-order valence-corrected chi connectivity index (χ3v) is 4.07. The van der Waals surface area contributed by atoms with Crippen molar-refractivity contribution in [2.75, 3.05) is 13.2 Å². The van der Waals surface area contributed by atoms with Gasteiger partial charge >= 0.3 is 0 Å². The molecule has 1 fully saturated rings. The summed E-state index contributed by atoms with van der Waals surface area (Å²) in [6.45, 7) is 5.18. The van der Waals surface area contributed by atoms with Gasteiger partial charge in [0, 0.05) is 24.2 Å². The van der Waals surface area contributed by atoms with Gasteiger partial charge in [-0.3, -0.25) is 0 Å². The van der Waals surface area contributed by atoms with E-state index in [0.717, 1.165) is 37.9 Å². The summed E-state index contributed by atoms with van der Waals surface area (Å²) in [6.07, 6.45) is 8.47. The van der Waals surface area contributed by atoms with Crippen molar-refractivity contribution in [2.45, 2.75) is 51.6 Å². The Morgan fingerprint density at radius 3 is 2.95 bits per heavy atom. The Hall–Kier alpha value is -1.48. The van der Waals surface area contributed by atoms with Gasteiger partial charge in [0.15, 0.2) is 0 Å². The molecule has 1 aromatic carbocycles. The summed E-state index contributed by atoms with van der Waals surface area (Å²) < 4.78 is 8.19. The first-order chi connectivity index (χ1) is 10.4. The van der Waals surface area contributed by atoms with E-state index in [-0.39, 0.29) is 0 Å². The fourth-order valence-corrected chi connectivity index (χ4v) is 2.73. The minimum absolute atomic E-state index is 0.789. The third kappa shape index (κ3) is 3.79. The van der Waals surface area contributed by atoms with Crippen molar-refractivity contribution < 1.29 is 4.74 Å². The zero-order valence-corrected chi connectivity index (χ0v) is 13.0. The van der Waals surface area contributed by atoms with E-state index in [4.69, 9.17) is 4.74 Å². The summed E-state index contributed by atoms with van der Waals surface area (Å²) in [7, 11) is 0. The van der Waals surface area contributed by atoms with Crippen LogP contribution in [0.15, 0.2) is 30.5 Å². The van der Waals surface area contributed by atoms with Gasteiger partial charge in [0.05, 0.1) is 12.1 Å². The van der Waals surface area contributed by atoms with Crippen LogP contribution in [0.3, 0.4) is 0 Å². The summed E-state index contributed by atoms with van der Waals surface area (Å²) in [5, 5.41) is 4.81. The van der Waals surface area contributed by atoms with E-state index >= 15 is 0 Å². The van der Waals surface area contributed by atoms with Crippen LogP contribution in [0.4, 0.5) is 0 Å². The number of unbranched alkanes of at least 4 members (excludes halogenated alkanes) is 1. The van der Waals surface area contributed by atoms with Gasteiger partial charge in [-0.25, -0.2) is 0 Å². The van der Waals surface area contributed by atoms with E-state index in [1.165, 1.54) is 36.6 Å². The smallest absolute Gasteiger partial charge is 0.128 e. The number of rotatable bonds is 9. The number of nitrogens with one attached hydrogen (secondary N) is 1. The highest BCUT2D eigenvalue weighted by atomic mass is 16.5. The second kappa shape index (κ2) is 6.99. The summed E-state index contributed by atoms with van der Waals surface area (Å²) >= 11 is 0. The van der Waals surface area contributed by atoms with Gasteiger partial charge in [0.1, 0.15) is 5.75 Å². The van der Waals surface area contributed by atoms with Crippen molar-refractivity contribution in [1.82, 2.24) is 9.88 Å². The van der Waals surface area contributed by atoms with Crippen LogP contribution in [0.1, 0.15) is 39.0 Å². The highest BCUT2D eigenvalue weighted by Gasteiger charge is 2.19. The Morgan fingerprint density at radius 1 is 1.24 bits per heavy atom. The third-order valence-electron chi connectivity index (χ3n) is 4.07. The molecule has 1 aliphatic carbocycles. The van der Waals surface area contributed by atoms with Crippen molar-refractivity contribution >= 4 is 10.9 Å². The van der Waals surface area contributed by atoms with Gasteiger partial charge in [-0.2, -0.15) is 0 Å². The molecule has 3 rings (SSSR count). The monoisotopic (exact) mass is 286 g/mol. The number of benzene rings is 1. The molecule has 1 saturated carbocycles. The van der Waals surface area contributed by atoms with Crippen molar-refractivity contribution in [2.24, 2.45) is 0 Å². The van der Waals surface area contributed by atoms with Gasteiger partial charge in [0.25, 0.3) is 0 Å². The SMILES string of the molecule is CCCOc1cccc2c1ccn2CCCCNC1CC1. The molecular formula is C18H26N2O. The minimum atomic E-state index is 0.789. The molecule has 3 heteroatoms. The van der Waals surface area contributed by atoms with Crippen molar-refractivity contribution in [3.8, 4) is 5.75 Å². The van der Waals surface area contributed by atoms with E-state index in [1.807, 2.05) is 0 Å². The largest absolute Gasteiger partial charge is 0.493 e. The van der Waals surface area contributed by atoms with Crippen LogP contribution >= 0.6 is 0 Å². The fourth-order valence-electron chi connectivity index (χ4n) is 2.73. The molecule has 0 aliphatic heterocycles. The lowest BCUT2D eigenvalue weighted by atomic mass is 10.2. The lowest BCUT2D eigenvalue weighted by molar-refractivity contribution is 0.321. The van der Waals surface area contributed by atoms with Crippen LogP contribution in [0.5, 0.6) is 5.75 Å². The molecule has 0 unspecified atom stereocenters. The van der Waals surface area contributed by atoms with Crippen LogP contribution in [-0.2, 0) is 6.54 Å². The van der Waals surface area contributed by atoms with Crippen LogP contribution in [0, 0.1) is 0 Å². The first-order valence-electron chi connectivity index (χ1n) is 8.32. The second-order valence-corrected chi connectivity index (χ2v) is 5.98. The number of aromatic nitrogens is 1. The number of aryl methyl sites for hydroxylation is 1. The lowest BCUT2D eigenvalue weighted by Crippen LogP contribution is -2.17. The number of fused-ring (bicyclic) bond motifs is 1. The topological polar surface area (TPSA) is 26.2 Å². The average Bonchev–Trinajstić information content (AvgIpc) is 3.24. The van der Waals surface area contributed by atoms with Crippen molar-refractivity contribution in [3.05, 3.63) is 30.5 Å². The van der Waals surface area contributed by atoms with Crippen LogP contribution in [-0.4, -0.2) is 23.8 Å². The summed E-state index contributed by atoms with van der Waals surface area (Å²) in [4.78, 5) is 0. The van der Waals surface area contributed by atoms with E-state index in [2.05, 4.69) is 47.3 Å². The van der Waals surface area contributed by atoms with Crippen LogP contribution < -0.4 is 10.1 Å². The molecule has 0 spiro atoms. The predicted octanol–water partition coefficient (Wildman–Crippen LogP) is 3.96. The number of hydrogen-bond acceptors (Lipinski definition) is 2. The number of ether oxygens (including phenoxy) is 1. The van der Waals surface area contributed by atoms with E-state index in [0.29, 0.717) is 0 Å². The number of nitrogens with zero attached hydrogens (tertiary/aromatic N) is 1. The first kappa shape index (κ1) is 14.5. The van der Waals surface area contributed by atoms with E-state index in [9.17, 15) is 0 Å². The van der Waals surface area contributed by atoms with Gasteiger partial charge < -0.3 is 14.6 Å². The Morgan fingerprint density at radius 2 is 2.14 bits per heavy atom. The second-order valence-electron chi connectivity index (χ2n) is 5.98. The molecule has 1 heterocycles. The van der Waals surface area contributed by atoms with E-state index < -0.39 is 0 Å². The quantitative estimate of drug-likeness (QED) is 0.706. The first-order valence-corrected chi connectivity index (χ1v) is 8.32. The van der Waals surface area contributed by atoms with Crippen LogP contribution in [0.25, 0.3) is 10.9 Å².